The number of nitrogens with zero attached hydrogens (tertiary/aromatic N) is 2. The van der Waals surface area contributed by atoms with E-state index in [1.807, 2.05) is 18.7 Å². The molecule has 0 aliphatic carbocycles. The molecule has 1 saturated heterocycles. The van der Waals surface area contributed by atoms with Crippen molar-refractivity contribution in [1.29, 1.82) is 0 Å². The topological polar surface area (TPSA) is 101 Å². The van der Waals surface area contributed by atoms with Crippen LogP contribution in [0.4, 0.5) is 5.69 Å². The molecule has 1 aliphatic heterocycles. The molecule has 0 saturated carbocycles. The van der Waals surface area contributed by atoms with Crippen LogP contribution in [0.2, 0.25) is 0 Å². The van der Waals surface area contributed by atoms with E-state index in [-0.39, 0.29) is 22.1 Å². The molecule has 1 aliphatic rings. The molecule has 1 aromatic carbocycles. The fourth-order valence-electron chi connectivity index (χ4n) is 3.48. The van der Waals surface area contributed by atoms with Crippen LogP contribution in [0.1, 0.15) is 41.4 Å². The van der Waals surface area contributed by atoms with Crippen LogP contribution in [0.5, 0.6) is 0 Å². The Morgan fingerprint density at radius 3 is 2.36 bits per heavy atom. The number of benzene rings is 1. The molecule has 9 heteroatoms. The van der Waals surface area contributed by atoms with Gasteiger partial charge in [-0.1, -0.05) is 0 Å². The van der Waals surface area contributed by atoms with Crippen molar-refractivity contribution in [3.8, 4) is 0 Å². The Morgan fingerprint density at radius 1 is 1.18 bits per heavy atom. The number of rotatable bonds is 5. The number of ether oxygens (including phenoxy) is 1. The number of anilines is 1. The fourth-order valence-corrected chi connectivity index (χ4v) is 4.42. The summed E-state index contributed by atoms with van der Waals surface area (Å²) in [6, 6.07) is 2.84. The zero-order valence-electron chi connectivity index (χ0n) is 16.5. The fraction of sp³-hybridized carbons (Fsp3) is 0.474. The van der Waals surface area contributed by atoms with Gasteiger partial charge in [0.1, 0.15) is 5.56 Å². The largest absolute Gasteiger partial charge is 0.378 e. The number of nitrogens with one attached hydrogen (secondary N) is 1. The molecule has 28 heavy (non-hydrogen) atoms. The van der Waals surface area contributed by atoms with Crippen molar-refractivity contribution >= 4 is 21.3 Å². The van der Waals surface area contributed by atoms with Crippen molar-refractivity contribution < 1.29 is 17.9 Å². The van der Waals surface area contributed by atoms with Crippen molar-refractivity contribution in [2.75, 3.05) is 37.5 Å². The van der Waals surface area contributed by atoms with Crippen LogP contribution in [0, 0.1) is 6.92 Å². The van der Waals surface area contributed by atoms with Gasteiger partial charge in [0, 0.05) is 37.1 Å². The van der Waals surface area contributed by atoms with Crippen molar-refractivity contribution in [1.82, 2.24) is 9.78 Å². The molecule has 3 rings (SSSR count). The number of aromatic nitrogens is 2. The van der Waals surface area contributed by atoms with Gasteiger partial charge in [-0.25, -0.2) is 8.42 Å². The van der Waals surface area contributed by atoms with Crippen LogP contribution in [0.15, 0.2) is 28.0 Å². The van der Waals surface area contributed by atoms with Gasteiger partial charge < -0.3 is 14.7 Å². The molecule has 1 fully saturated rings. The molecule has 0 amide bonds. The van der Waals surface area contributed by atoms with Crippen LogP contribution in [-0.4, -0.2) is 56.5 Å². The minimum atomic E-state index is -3.49. The van der Waals surface area contributed by atoms with Gasteiger partial charge in [0.05, 0.1) is 23.8 Å². The predicted octanol–water partition coefficient (Wildman–Crippen LogP) is 1.54. The van der Waals surface area contributed by atoms with Crippen molar-refractivity contribution in [2.24, 2.45) is 0 Å². The van der Waals surface area contributed by atoms with Gasteiger partial charge >= 0.3 is 0 Å². The van der Waals surface area contributed by atoms with E-state index >= 15 is 0 Å². The van der Waals surface area contributed by atoms with E-state index in [1.165, 1.54) is 23.0 Å². The monoisotopic (exact) mass is 407 g/mol. The second kappa shape index (κ2) is 7.56. The molecule has 0 unspecified atom stereocenters. The smallest absolute Gasteiger partial charge is 0.277 e. The van der Waals surface area contributed by atoms with E-state index in [2.05, 4.69) is 5.10 Å². The maximum Gasteiger partial charge on any atom is 0.277 e. The van der Waals surface area contributed by atoms with Gasteiger partial charge in [-0.3, -0.25) is 14.3 Å². The average molecular weight is 407 g/mol. The molecule has 0 atom stereocenters. The van der Waals surface area contributed by atoms with Crippen LogP contribution in [0.3, 0.4) is 0 Å². The molecule has 2 heterocycles. The summed E-state index contributed by atoms with van der Waals surface area (Å²) in [5, 5.41) is 2.82. The number of morpholine rings is 1. The molecule has 0 spiro atoms. The quantitative estimate of drug-likeness (QED) is 0.755. The molecular formula is C19H25N3O5S. The summed E-state index contributed by atoms with van der Waals surface area (Å²) in [4.78, 5) is 27.7. The van der Waals surface area contributed by atoms with Crippen molar-refractivity contribution in [2.45, 2.75) is 31.7 Å². The zero-order valence-corrected chi connectivity index (χ0v) is 17.3. The first-order valence-electron chi connectivity index (χ1n) is 9.14. The molecule has 2 aromatic rings. The molecule has 8 nitrogen and oxygen atoms in total. The van der Waals surface area contributed by atoms with E-state index < -0.39 is 15.6 Å². The van der Waals surface area contributed by atoms with E-state index in [0.29, 0.717) is 43.1 Å². The first kappa shape index (κ1) is 20.3. The number of sulfone groups is 1. The highest BCUT2D eigenvalue weighted by Crippen LogP contribution is 2.33. The van der Waals surface area contributed by atoms with Crippen LogP contribution in [0.25, 0.3) is 0 Å². The highest BCUT2D eigenvalue weighted by molar-refractivity contribution is 7.90. The zero-order chi connectivity index (χ0) is 20.6. The summed E-state index contributed by atoms with van der Waals surface area (Å²) < 4.78 is 31.4. The Bertz CT molecular complexity index is 1060. The minimum Gasteiger partial charge on any atom is -0.378 e. The SMILES string of the molecule is Cc1c(C(=O)c2c[nH]n(C(C)C)c2=O)ccc(S(C)(=O)=O)c1N1CCOCC1. The number of hydrogen-bond acceptors (Lipinski definition) is 6. The summed E-state index contributed by atoms with van der Waals surface area (Å²) in [7, 11) is -3.49. The number of ketones is 1. The van der Waals surface area contributed by atoms with Gasteiger partial charge in [0.2, 0.25) is 5.78 Å². The van der Waals surface area contributed by atoms with Crippen LogP contribution < -0.4 is 10.5 Å². The maximum absolute atomic E-state index is 13.1. The first-order valence-corrected chi connectivity index (χ1v) is 11.0. The Labute approximate surface area is 164 Å². The summed E-state index contributed by atoms with van der Waals surface area (Å²) >= 11 is 0. The standard InChI is InChI=1S/C19H25N3O5S/c1-12(2)22-19(24)15(11-20-22)18(23)14-5-6-16(28(4,25)26)17(13(14)3)21-7-9-27-10-8-21/h5-6,11-12,20H,7-10H2,1-4H3. The maximum atomic E-state index is 13.1. The lowest BCUT2D eigenvalue weighted by Crippen LogP contribution is -2.37. The highest BCUT2D eigenvalue weighted by atomic mass is 32.2. The molecule has 1 N–H and O–H groups in total. The second-order valence-corrected chi connectivity index (χ2v) is 9.23. The summed E-state index contributed by atoms with van der Waals surface area (Å²) in [6.45, 7) is 7.44. The van der Waals surface area contributed by atoms with Gasteiger partial charge in [0.15, 0.2) is 9.84 Å². The van der Waals surface area contributed by atoms with E-state index in [4.69, 9.17) is 4.74 Å². The Kier molecular flexibility index (Phi) is 5.49. The Morgan fingerprint density at radius 2 is 1.82 bits per heavy atom. The third kappa shape index (κ3) is 3.64. The number of H-pyrrole nitrogens is 1. The van der Waals surface area contributed by atoms with Gasteiger partial charge in [0.25, 0.3) is 5.56 Å². The van der Waals surface area contributed by atoms with E-state index in [9.17, 15) is 18.0 Å². The molecule has 0 bridgehead atoms. The van der Waals surface area contributed by atoms with Gasteiger partial charge in [-0.05, 0) is 38.5 Å². The average Bonchev–Trinajstić information content (AvgIpc) is 3.02. The molecule has 0 radical (unpaired) electrons. The van der Waals surface area contributed by atoms with Gasteiger partial charge in [-0.15, -0.1) is 0 Å². The Balaban J connectivity index is 2.15. The third-order valence-corrected chi connectivity index (χ3v) is 6.05. The lowest BCUT2D eigenvalue weighted by molar-refractivity contribution is 0.103. The van der Waals surface area contributed by atoms with E-state index in [1.54, 1.807) is 6.92 Å². The van der Waals surface area contributed by atoms with E-state index in [0.717, 1.165) is 6.26 Å². The minimum absolute atomic E-state index is 0.0387. The second-order valence-electron chi connectivity index (χ2n) is 7.24. The van der Waals surface area contributed by atoms with Crippen molar-refractivity contribution in [3.05, 3.63) is 45.4 Å². The lowest BCUT2D eigenvalue weighted by atomic mass is 9.98. The molecule has 1 aromatic heterocycles. The number of carbonyl (C=O) groups excluding carboxylic acids is 1. The van der Waals surface area contributed by atoms with Crippen molar-refractivity contribution in [3.63, 3.8) is 0 Å². The third-order valence-electron chi connectivity index (χ3n) is 4.92. The predicted molar refractivity (Wildman–Crippen MR) is 106 cm³/mol. The normalized spacial score (nSPS) is 15.2. The highest BCUT2D eigenvalue weighted by Gasteiger charge is 2.27. The Hall–Kier alpha value is -2.39. The number of aromatic amines is 1. The molecular weight excluding hydrogens is 382 g/mol. The summed E-state index contributed by atoms with van der Waals surface area (Å²) in [5.74, 6) is -0.423. The lowest BCUT2D eigenvalue weighted by Gasteiger charge is -2.32. The molecule has 152 valence electrons. The van der Waals surface area contributed by atoms with Gasteiger partial charge in [-0.2, -0.15) is 0 Å². The number of hydrogen-bond donors (Lipinski definition) is 1. The van der Waals surface area contributed by atoms with Crippen LogP contribution >= 0.6 is 0 Å². The number of carbonyl (C=O) groups is 1. The van der Waals surface area contributed by atoms with Crippen LogP contribution in [-0.2, 0) is 14.6 Å². The summed E-state index contributed by atoms with van der Waals surface area (Å²) in [6.07, 6.45) is 2.56. The summed E-state index contributed by atoms with van der Waals surface area (Å²) in [5.41, 5.74) is 1.03. The first-order chi connectivity index (χ1) is 13.1.